The Labute approximate surface area is 207 Å². The summed E-state index contributed by atoms with van der Waals surface area (Å²) in [6, 6.07) is 17.4. The first-order valence-corrected chi connectivity index (χ1v) is 11.8. The maximum Gasteiger partial charge on any atom is 0.416 e. The Hall–Kier alpha value is -3.56. The lowest BCUT2D eigenvalue weighted by molar-refractivity contribution is -0.137. The number of rotatable bonds is 6. The third-order valence-corrected chi connectivity index (χ3v) is 6.81. The predicted molar refractivity (Wildman–Crippen MR) is 127 cm³/mol. The van der Waals surface area contributed by atoms with Gasteiger partial charge < -0.3 is 0 Å². The van der Waals surface area contributed by atoms with Crippen LogP contribution in [0.5, 0.6) is 0 Å². The van der Waals surface area contributed by atoms with Crippen LogP contribution in [0.25, 0.3) is 0 Å². The molecule has 1 fully saturated rings. The van der Waals surface area contributed by atoms with E-state index in [1.807, 2.05) is 18.2 Å². The highest BCUT2D eigenvalue weighted by Crippen LogP contribution is 2.33. The first kappa shape index (κ1) is 24.1. The van der Waals surface area contributed by atoms with Crippen molar-refractivity contribution in [2.45, 2.75) is 12.2 Å². The Morgan fingerprint density at radius 3 is 1.94 bits per heavy atom. The number of pyridine rings is 1. The van der Waals surface area contributed by atoms with Crippen LogP contribution in [-0.2, 0) is 6.18 Å². The number of carbonyl (C=O) groups is 2. The number of imide groups is 1. The minimum atomic E-state index is -4.38. The minimum Gasteiger partial charge on any atom is -0.299 e. The Kier molecular flexibility index (Phi) is 6.59. The van der Waals surface area contributed by atoms with E-state index in [2.05, 4.69) is 14.8 Å². The first-order valence-electron chi connectivity index (χ1n) is 11.8. The van der Waals surface area contributed by atoms with E-state index in [-0.39, 0.29) is 17.9 Å². The molecule has 186 valence electrons. The molecule has 0 N–H and O–H groups in total. The third kappa shape index (κ3) is 4.76. The molecule has 2 aromatic carbocycles. The Bertz CT molecular complexity index is 1200. The summed E-state index contributed by atoms with van der Waals surface area (Å²) in [6.07, 6.45) is -2.70. The predicted octanol–water partition coefficient (Wildman–Crippen LogP) is 4.10. The van der Waals surface area contributed by atoms with Crippen LogP contribution in [0.3, 0.4) is 0 Å². The number of benzene rings is 2. The smallest absolute Gasteiger partial charge is 0.299 e. The van der Waals surface area contributed by atoms with Crippen molar-refractivity contribution in [1.82, 2.24) is 19.7 Å². The number of aromatic nitrogens is 1. The summed E-state index contributed by atoms with van der Waals surface area (Å²) < 4.78 is 39.2. The summed E-state index contributed by atoms with van der Waals surface area (Å²) in [5, 5.41) is 0. The van der Waals surface area contributed by atoms with Gasteiger partial charge in [0.2, 0.25) is 0 Å². The van der Waals surface area contributed by atoms with E-state index < -0.39 is 11.7 Å². The molecule has 0 spiro atoms. The molecule has 1 atom stereocenters. The number of halogens is 3. The second kappa shape index (κ2) is 9.83. The zero-order valence-corrected chi connectivity index (χ0v) is 19.5. The van der Waals surface area contributed by atoms with Crippen LogP contribution in [0.2, 0.25) is 0 Å². The van der Waals surface area contributed by atoms with Gasteiger partial charge in [-0.2, -0.15) is 13.2 Å². The fraction of sp³-hybridized carbons (Fsp3) is 0.296. The van der Waals surface area contributed by atoms with Crippen molar-refractivity contribution < 1.29 is 22.8 Å². The molecule has 1 unspecified atom stereocenters. The second-order valence-electron chi connectivity index (χ2n) is 8.96. The summed E-state index contributed by atoms with van der Waals surface area (Å²) in [5.41, 5.74) is 1.74. The molecular weight excluding hydrogens is 469 g/mol. The number of piperazine rings is 1. The van der Waals surface area contributed by atoms with Crippen molar-refractivity contribution in [2.75, 3.05) is 39.3 Å². The van der Waals surface area contributed by atoms with E-state index in [1.165, 1.54) is 17.0 Å². The molecule has 1 saturated heterocycles. The van der Waals surface area contributed by atoms with Gasteiger partial charge in [0.05, 0.1) is 28.4 Å². The van der Waals surface area contributed by atoms with Crippen molar-refractivity contribution in [1.29, 1.82) is 0 Å². The van der Waals surface area contributed by atoms with E-state index in [4.69, 9.17) is 0 Å². The summed E-state index contributed by atoms with van der Waals surface area (Å²) in [4.78, 5) is 35.4. The van der Waals surface area contributed by atoms with Crippen LogP contribution in [0.1, 0.15) is 43.6 Å². The van der Waals surface area contributed by atoms with Gasteiger partial charge in [0.25, 0.3) is 11.8 Å². The molecule has 5 rings (SSSR count). The standard InChI is InChI=1S/C27H25F3N4O2/c28-27(29,30)20-10-8-19(9-11-20)24(23-7-3-4-12-31-23)33-16-13-32(14-17-33)15-18-34-25(35)21-5-1-2-6-22(21)26(34)36/h1-12,24H,13-18H2. The third-order valence-electron chi connectivity index (χ3n) is 6.81. The average molecular weight is 495 g/mol. The molecule has 3 aromatic rings. The molecule has 0 bridgehead atoms. The number of nitrogens with zero attached hydrogens (tertiary/aromatic N) is 4. The fourth-order valence-corrected chi connectivity index (χ4v) is 4.89. The SMILES string of the molecule is O=C1c2ccccc2C(=O)N1CCN1CCN(C(c2ccc(C(F)(F)F)cc2)c2ccccn2)CC1. The van der Waals surface area contributed by atoms with Gasteiger partial charge in [0.1, 0.15) is 0 Å². The van der Waals surface area contributed by atoms with E-state index in [0.717, 1.165) is 23.4 Å². The lowest BCUT2D eigenvalue weighted by Gasteiger charge is -2.39. The highest BCUT2D eigenvalue weighted by Gasteiger charge is 2.36. The largest absolute Gasteiger partial charge is 0.416 e. The lowest BCUT2D eigenvalue weighted by atomic mass is 9.99. The van der Waals surface area contributed by atoms with Gasteiger partial charge in [-0.3, -0.25) is 29.3 Å². The van der Waals surface area contributed by atoms with E-state index in [9.17, 15) is 22.8 Å². The minimum absolute atomic E-state index is 0.258. The molecular formula is C27H25F3N4O2. The van der Waals surface area contributed by atoms with Crippen LogP contribution in [0.15, 0.2) is 72.9 Å². The lowest BCUT2D eigenvalue weighted by Crippen LogP contribution is -2.50. The van der Waals surface area contributed by atoms with E-state index >= 15 is 0 Å². The van der Waals surface area contributed by atoms with Crippen molar-refractivity contribution in [2.24, 2.45) is 0 Å². The quantitative estimate of drug-likeness (QED) is 0.483. The van der Waals surface area contributed by atoms with Crippen LogP contribution >= 0.6 is 0 Å². The number of carbonyl (C=O) groups excluding carboxylic acids is 2. The van der Waals surface area contributed by atoms with Gasteiger partial charge in [-0.1, -0.05) is 30.3 Å². The number of hydrogen-bond acceptors (Lipinski definition) is 5. The average Bonchev–Trinajstić information content (AvgIpc) is 3.13. The van der Waals surface area contributed by atoms with Gasteiger partial charge in [-0.15, -0.1) is 0 Å². The molecule has 9 heteroatoms. The topological polar surface area (TPSA) is 56.8 Å². The van der Waals surface area contributed by atoms with Gasteiger partial charge in [-0.05, 0) is 42.0 Å². The molecule has 3 heterocycles. The highest BCUT2D eigenvalue weighted by atomic mass is 19.4. The van der Waals surface area contributed by atoms with Crippen LogP contribution in [0, 0.1) is 0 Å². The Morgan fingerprint density at radius 2 is 1.39 bits per heavy atom. The summed E-state index contributed by atoms with van der Waals surface area (Å²) >= 11 is 0. The number of alkyl halides is 3. The Morgan fingerprint density at radius 1 is 0.778 bits per heavy atom. The molecule has 36 heavy (non-hydrogen) atoms. The zero-order chi connectivity index (χ0) is 25.3. The molecule has 0 radical (unpaired) electrons. The maximum atomic E-state index is 13.1. The van der Waals surface area contributed by atoms with Crippen molar-refractivity contribution >= 4 is 11.8 Å². The van der Waals surface area contributed by atoms with Crippen molar-refractivity contribution in [3.8, 4) is 0 Å². The normalized spacial score (nSPS) is 17.9. The summed E-state index contributed by atoms with van der Waals surface area (Å²) in [6.45, 7) is 3.62. The second-order valence-corrected chi connectivity index (χ2v) is 8.96. The first-order chi connectivity index (χ1) is 17.3. The Balaban J connectivity index is 1.25. The zero-order valence-electron chi connectivity index (χ0n) is 19.5. The van der Waals surface area contributed by atoms with E-state index in [1.54, 1.807) is 30.5 Å². The molecule has 0 aliphatic carbocycles. The molecule has 0 saturated carbocycles. The molecule has 2 aliphatic rings. The molecule has 6 nitrogen and oxygen atoms in total. The van der Waals surface area contributed by atoms with Crippen molar-refractivity contribution in [3.63, 3.8) is 0 Å². The van der Waals surface area contributed by atoms with Crippen molar-refractivity contribution in [3.05, 3.63) is 101 Å². The van der Waals surface area contributed by atoms with Gasteiger partial charge in [0, 0.05) is 45.5 Å². The molecule has 2 amide bonds. The fourth-order valence-electron chi connectivity index (χ4n) is 4.89. The van der Waals surface area contributed by atoms with E-state index in [0.29, 0.717) is 50.4 Å². The van der Waals surface area contributed by atoms with Gasteiger partial charge in [0.15, 0.2) is 0 Å². The number of hydrogen-bond donors (Lipinski definition) is 0. The van der Waals surface area contributed by atoms with Crippen LogP contribution in [-0.4, -0.2) is 70.8 Å². The highest BCUT2D eigenvalue weighted by molar-refractivity contribution is 6.21. The summed E-state index contributed by atoms with van der Waals surface area (Å²) in [7, 11) is 0. The number of amides is 2. The van der Waals surface area contributed by atoms with Crippen LogP contribution in [0.4, 0.5) is 13.2 Å². The summed E-state index contributed by atoms with van der Waals surface area (Å²) in [5.74, 6) is -0.515. The molecule has 2 aliphatic heterocycles. The molecule has 1 aromatic heterocycles. The van der Waals surface area contributed by atoms with Gasteiger partial charge in [-0.25, -0.2) is 0 Å². The monoisotopic (exact) mass is 494 g/mol. The van der Waals surface area contributed by atoms with Crippen LogP contribution < -0.4 is 0 Å². The van der Waals surface area contributed by atoms with Gasteiger partial charge >= 0.3 is 6.18 Å². The number of fused-ring (bicyclic) bond motifs is 1. The maximum absolute atomic E-state index is 13.1.